The maximum Gasteiger partial charge on any atom is 0.0470 e. The lowest BCUT2D eigenvalue weighted by molar-refractivity contribution is 0.626. The van der Waals surface area contributed by atoms with E-state index in [-0.39, 0.29) is 16.2 Å². The molecule has 0 bridgehead atoms. The van der Waals surface area contributed by atoms with E-state index < -0.39 is 0 Å². The number of hydrogen-bond acceptors (Lipinski definition) is 1. The summed E-state index contributed by atoms with van der Waals surface area (Å²) in [7, 11) is 0. The van der Waals surface area contributed by atoms with Gasteiger partial charge in [0.15, 0.2) is 0 Å². The lowest BCUT2D eigenvalue weighted by Crippen LogP contribution is -2.24. The van der Waals surface area contributed by atoms with Crippen molar-refractivity contribution in [2.24, 2.45) is 0 Å². The molecule has 52 heavy (non-hydrogen) atoms. The summed E-state index contributed by atoms with van der Waals surface area (Å²) in [6.07, 6.45) is 2.19. The highest BCUT2D eigenvalue weighted by atomic mass is 15.1. The topological polar surface area (TPSA) is 3.24 Å². The molecule has 0 aromatic heterocycles. The molecule has 0 fully saturated rings. The molecule has 1 nitrogen and oxygen atoms in total. The summed E-state index contributed by atoms with van der Waals surface area (Å²) in [4.78, 5) is 2.54. The van der Waals surface area contributed by atoms with Crippen molar-refractivity contribution in [2.75, 3.05) is 4.90 Å². The van der Waals surface area contributed by atoms with Gasteiger partial charge in [-0.1, -0.05) is 143 Å². The van der Waals surface area contributed by atoms with Crippen molar-refractivity contribution in [3.8, 4) is 33.4 Å². The highest BCUT2D eigenvalue weighted by molar-refractivity contribution is 5.91. The monoisotopic (exact) mass is 667 g/mol. The standard InChI is InChI=1S/C51H41N/c1-49(2)43-18-10-6-14-36(43)39-24-21-33(29-46(39)49)52(34-22-25-40-37-15-7-11-19-44(37)50(3,4)47(40)30-34)35-23-26-41-38-16-8-12-20-45(38)51(48(41)31-35)28-27-32-13-5-9-17-42(32)51/h5-26,29-31H,27-28H2,1-4H3. The molecular weight excluding hydrogens is 627 g/mol. The second-order valence-electron chi connectivity index (χ2n) is 16.5. The molecule has 7 aromatic rings. The Bertz CT molecular complexity index is 2550. The van der Waals surface area contributed by atoms with Crippen molar-refractivity contribution in [1.29, 1.82) is 0 Å². The van der Waals surface area contributed by atoms with Gasteiger partial charge in [-0.05, 0) is 127 Å². The Balaban J connectivity index is 1.15. The van der Waals surface area contributed by atoms with E-state index in [0.717, 1.165) is 12.8 Å². The summed E-state index contributed by atoms with van der Waals surface area (Å²) in [5.41, 5.74) is 22.9. The fourth-order valence-electron chi connectivity index (χ4n) is 10.8. The molecular formula is C51H41N. The van der Waals surface area contributed by atoms with E-state index in [1.54, 1.807) is 0 Å². The minimum atomic E-state index is -0.145. The van der Waals surface area contributed by atoms with Gasteiger partial charge < -0.3 is 4.90 Å². The Kier molecular flexibility index (Phi) is 5.90. The molecule has 0 saturated carbocycles. The van der Waals surface area contributed by atoms with Crippen molar-refractivity contribution in [3.63, 3.8) is 0 Å². The number of benzene rings is 7. The molecule has 4 aliphatic carbocycles. The minimum absolute atomic E-state index is 0.0909. The molecule has 1 atom stereocenters. The van der Waals surface area contributed by atoms with E-state index in [9.17, 15) is 0 Å². The van der Waals surface area contributed by atoms with E-state index in [0.29, 0.717) is 0 Å². The van der Waals surface area contributed by atoms with Crippen LogP contribution in [0.3, 0.4) is 0 Å². The maximum atomic E-state index is 2.54. The number of hydrogen-bond donors (Lipinski definition) is 0. The minimum Gasteiger partial charge on any atom is -0.310 e. The Morgan fingerprint density at radius 2 is 0.750 bits per heavy atom. The number of rotatable bonds is 3. The predicted molar refractivity (Wildman–Crippen MR) is 216 cm³/mol. The zero-order chi connectivity index (χ0) is 35.0. The van der Waals surface area contributed by atoms with Gasteiger partial charge >= 0.3 is 0 Å². The van der Waals surface area contributed by atoms with Crippen molar-refractivity contribution in [3.05, 3.63) is 196 Å². The van der Waals surface area contributed by atoms with E-state index in [2.05, 4.69) is 184 Å². The molecule has 7 aromatic carbocycles. The van der Waals surface area contributed by atoms with Crippen LogP contribution < -0.4 is 4.90 Å². The van der Waals surface area contributed by atoms with Crippen LogP contribution in [0.2, 0.25) is 0 Å². The van der Waals surface area contributed by atoms with Gasteiger partial charge in [0.1, 0.15) is 0 Å². The molecule has 0 radical (unpaired) electrons. The van der Waals surface area contributed by atoms with Crippen molar-refractivity contribution in [2.45, 2.75) is 56.8 Å². The lowest BCUT2D eigenvalue weighted by Gasteiger charge is -2.32. The molecule has 0 N–H and O–H groups in total. The molecule has 0 aliphatic heterocycles. The summed E-state index contributed by atoms with van der Waals surface area (Å²) in [6, 6.07) is 58.0. The predicted octanol–water partition coefficient (Wildman–Crippen LogP) is 13.0. The van der Waals surface area contributed by atoms with Gasteiger partial charge in [0.05, 0.1) is 0 Å². The molecule has 250 valence electrons. The van der Waals surface area contributed by atoms with E-state index in [1.807, 2.05) is 0 Å². The number of anilines is 3. The first kappa shape index (κ1) is 30.0. The molecule has 1 heteroatoms. The van der Waals surface area contributed by atoms with Gasteiger partial charge in [-0.15, -0.1) is 0 Å². The second kappa shape index (κ2) is 10.2. The van der Waals surface area contributed by atoms with Gasteiger partial charge in [-0.25, -0.2) is 0 Å². The third kappa shape index (κ3) is 3.73. The summed E-state index contributed by atoms with van der Waals surface area (Å²) in [5.74, 6) is 0. The third-order valence-corrected chi connectivity index (χ3v) is 13.3. The fourth-order valence-corrected chi connectivity index (χ4v) is 10.8. The maximum absolute atomic E-state index is 2.54. The first-order valence-corrected chi connectivity index (χ1v) is 18.9. The quantitative estimate of drug-likeness (QED) is 0.181. The second-order valence-corrected chi connectivity index (χ2v) is 16.5. The van der Waals surface area contributed by atoms with E-state index in [1.165, 1.54) is 95.0 Å². The molecule has 11 rings (SSSR count). The average molecular weight is 668 g/mol. The van der Waals surface area contributed by atoms with Crippen LogP contribution in [0.1, 0.15) is 78.6 Å². The summed E-state index contributed by atoms with van der Waals surface area (Å²) >= 11 is 0. The normalized spacial score (nSPS) is 18.6. The zero-order valence-corrected chi connectivity index (χ0v) is 30.3. The van der Waals surface area contributed by atoms with Gasteiger partial charge in [-0.3, -0.25) is 0 Å². The summed E-state index contributed by atoms with van der Waals surface area (Å²) in [6.45, 7) is 9.54. The zero-order valence-electron chi connectivity index (χ0n) is 30.3. The molecule has 4 aliphatic rings. The first-order valence-electron chi connectivity index (χ1n) is 18.9. The Labute approximate surface area is 307 Å². The van der Waals surface area contributed by atoms with Crippen LogP contribution in [-0.2, 0) is 22.7 Å². The molecule has 0 amide bonds. The van der Waals surface area contributed by atoms with Crippen LogP contribution in [0.25, 0.3) is 33.4 Å². The Hall–Kier alpha value is -5.66. The largest absolute Gasteiger partial charge is 0.310 e. The molecule has 1 unspecified atom stereocenters. The SMILES string of the molecule is CC1(C)c2ccccc2-c2ccc(N(c3ccc4c(c3)C(C)(C)c3ccccc3-4)c3ccc4c(c3)C3(CCc5ccccc53)c3ccccc3-4)cc21. The van der Waals surface area contributed by atoms with Crippen LogP contribution in [0.15, 0.2) is 152 Å². The molecule has 1 spiro atoms. The van der Waals surface area contributed by atoms with Gasteiger partial charge in [0.25, 0.3) is 0 Å². The highest BCUT2D eigenvalue weighted by Crippen LogP contribution is 2.60. The van der Waals surface area contributed by atoms with Gasteiger partial charge in [-0.2, -0.15) is 0 Å². The van der Waals surface area contributed by atoms with Crippen molar-refractivity contribution >= 4 is 17.1 Å². The van der Waals surface area contributed by atoms with Crippen LogP contribution in [0, 0.1) is 0 Å². The van der Waals surface area contributed by atoms with Crippen LogP contribution >= 0.6 is 0 Å². The molecule has 0 heterocycles. The van der Waals surface area contributed by atoms with Crippen molar-refractivity contribution in [1.82, 2.24) is 0 Å². The number of fused-ring (bicyclic) bond motifs is 13. The van der Waals surface area contributed by atoms with Crippen LogP contribution in [0.4, 0.5) is 17.1 Å². The van der Waals surface area contributed by atoms with Crippen molar-refractivity contribution < 1.29 is 0 Å². The fraction of sp³-hybridized carbons (Fsp3) is 0.176. The van der Waals surface area contributed by atoms with E-state index in [4.69, 9.17) is 0 Å². The highest BCUT2D eigenvalue weighted by Gasteiger charge is 2.48. The van der Waals surface area contributed by atoms with Crippen LogP contribution in [0.5, 0.6) is 0 Å². The summed E-state index contributed by atoms with van der Waals surface area (Å²) in [5, 5.41) is 0. The van der Waals surface area contributed by atoms with Gasteiger partial charge in [0, 0.05) is 33.3 Å². The smallest absolute Gasteiger partial charge is 0.0470 e. The number of aryl methyl sites for hydroxylation is 1. The van der Waals surface area contributed by atoms with Gasteiger partial charge in [0.2, 0.25) is 0 Å². The lowest BCUT2D eigenvalue weighted by atomic mass is 9.73. The average Bonchev–Trinajstić information content (AvgIpc) is 3.84. The third-order valence-electron chi connectivity index (χ3n) is 13.3. The Morgan fingerprint density at radius 3 is 1.29 bits per heavy atom. The summed E-state index contributed by atoms with van der Waals surface area (Å²) < 4.78 is 0. The Morgan fingerprint density at radius 1 is 0.365 bits per heavy atom. The van der Waals surface area contributed by atoms with E-state index >= 15 is 0 Å². The molecule has 0 saturated heterocycles. The van der Waals surface area contributed by atoms with Crippen LogP contribution in [-0.4, -0.2) is 0 Å². The number of nitrogens with zero attached hydrogens (tertiary/aromatic N) is 1. The first-order chi connectivity index (χ1) is 25.3.